The molecule has 0 spiro atoms. The monoisotopic (exact) mass is 436 g/mol. The normalized spacial score (nSPS) is 15.4. The van der Waals surface area contributed by atoms with Crippen LogP contribution in [0, 0.1) is 23.3 Å². The van der Waals surface area contributed by atoms with Crippen LogP contribution < -0.4 is 10.2 Å². The van der Waals surface area contributed by atoms with Crippen LogP contribution in [-0.4, -0.2) is 29.0 Å². The van der Waals surface area contributed by atoms with Crippen LogP contribution in [0.1, 0.15) is 24.2 Å². The first-order valence-electron chi connectivity index (χ1n) is 8.15. The van der Waals surface area contributed by atoms with Gasteiger partial charge in [-0.25, -0.2) is 9.97 Å². The summed E-state index contributed by atoms with van der Waals surface area (Å²) in [5, 5.41) is 3.02. The highest BCUT2D eigenvalue weighted by molar-refractivity contribution is 14.1. The van der Waals surface area contributed by atoms with Crippen LogP contribution in [0.15, 0.2) is 30.3 Å². The van der Waals surface area contributed by atoms with Gasteiger partial charge in [0.15, 0.2) is 0 Å². The van der Waals surface area contributed by atoms with E-state index in [0.717, 1.165) is 52.5 Å². The van der Waals surface area contributed by atoms with E-state index in [0.29, 0.717) is 0 Å². The molecule has 0 saturated carbocycles. The van der Waals surface area contributed by atoms with Crippen molar-refractivity contribution in [3.63, 3.8) is 0 Å². The average molecular weight is 436 g/mol. The van der Waals surface area contributed by atoms with Crippen LogP contribution >= 0.6 is 22.6 Å². The third kappa shape index (κ3) is 4.23. The molecule has 24 heavy (non-hydrogen) atoms. The predicted octanol–water partition coefficient (Wildman–Crippen LogP) is 3.55. The number of carbonyl (C=O) groups excluding carboxylic acids is 1. The molecule has 126 valence electrons. The summed E-state index contributed by atoms with van der Waals surface area (Å²) in [4.78, 5) is 23.7. The van der Waals surface area contributed by atoms with Crippen LogP contribution in [0.2, 0.25) is 0 Å². The second-order valence-corrected chi connectivity index (χ2v) is 7.45. The number of amides is 1. The zero-order valence-electron chi connectivity index (χ0n) is 13.9. The molecular weight excluding hydrogens is 415 g/mol. The quantitative estimate of drug-likeness (QED) is 0.748. The summed E-state index contributed by atoms with van der Waals surface area (Å²) >= 11 is 2.26. The fourth-order valence-corrected chi connectivity index (χ4v) is 3.33. The van der Waals surface area contributed by atoms with Crippen molar-refractivity contribution in [2.45, 2.75) is 26.7 Å². The van der Waals surface area contributed by atoms with Crippen molar-refractivity contribution in [2.24, 2.45) is 5.92 Å². The third-order valence-electron chi connectivity index (χ3n) is 4.23. The van der Waals surface area contributed by atoms with Gasteiger partial charge in [-0.15, -0.1) is 0 Å². The SMILES string of the molecule is Cc1cc(C)nc(N2CCC(C(=O)Nc3ccc(I)cc3)CC2)n1. The number of halogens is 1. The summed E-state index contributed by atoms with van der Waals surface area (Å²) in [6.45, 7) is 5.60. The third-order valence-corrected chi connectivity index (χ3v) is 4.95. The molecule has 0 radical (unpaired) electrons. The summed E-state index contributed by atoms with van der Waals surface area (Å²) in [6, 6.07) is 9.85. The van der Waals surface area contributed by atoms with Gasteiger partial charge in [0.2, 0.25) is 11.9 Å². The van der Waals surface area contributed by atoms with E-state index in [1.165, 1.54) is 0 Å². The lowest BCUT2D eigenvalue weighted by atomic mass is 9.96. The Bertz CT molecular complexity index is 704. The van der Waals surface area contributed by atoms with Crippen molar-refractivity contribution in [1.82, 2.24) is 9.97 Å². The topological polar surface area (TPSA) is 58.1 Å². The highest BCUT2D eigenvalue weighted by atomic mass is 127. The Morgan fingerprint density at radius 2 is 1.71 bits per heavy atom. The van der Waals surface area contributed by atoms with Crippen molar-refractivity contribution in [3.05, 3.63) is 45.3 Å². The summed E-state index contributed by atoms with van der Waals surface area (Å²) in [5.74, 6) is 0.938. The fraction of sp³-hybridized carbons (Fsp3) is 0.389. The molecule has 1 fully saturated rings. The number of aryl methyl sites for hydroxylation is 2. The maximum Gasteiger partial charge on any atom is 0.227 e. The molecule has 0 aliphatic carbocycles. The van der Waals surface area contributed by atoms with Gasteiger partial charge in [0, 0.05) is 39.7 Å². The number of nitrogens with zero attached hydrogens (tertiary/aromatic N) is 3. The molecule has 0 bridgehead atoms. The Hall–Kier alpha value is -1.70. The average Bonchev–Trinajstić information content (AvgIpc) is 2.56. The lowest BCUT2D eigenvalue weighted by Gasteiger charge is -2.31. The molecule has 0 atom stereocenters. The number of benzene rings is 1. The Morgan fingerprint density at radius 3 is 2.29 bits per heavy atom. The molecule has 6 heteroatoms. The maximum atomic E-state index is 12.4. The molecule has 2 heterocycles. The minimum Gasteiger partial charge on any atom is -0.341 e. The van der Waals surface area contributed by atoms with Crippen LogP contribution in [0.25, 0.3) is 0 Å². The van der Waals surface area contributed by atoms with Gasteiger partial charge in [-0.1, -0.05) is 0 Å². The van der Waals surface area contributed by atoms with Gasteiger partial charge in [0.05, 0.1) is 0 Å². The number of aromatic nitrogens is 2. The second kappa shape index (κ2) is 7.46. The minimum atomic E-state index is 0.0476. The predicted molar refractivity (Wildman–Crippen MR) is 104 cm³/mol. The van der Waals surface area contributed by atoms with Gasteiger partial charge in [-0.3, -0.25) is 4.79 Å². The molecule has 1 amide bonds. The number of hydrogen-bond acceptors (Lipinski definition) is 4. The molecule has 0 unspecified atom stereocenters. The number of rotatable bonds is 3. The summed E-state index contributed by atoms with van der Waals surface area (Å²) in [5.41, 5.74) is 2.83. The summed E-state index contributed by atoms with van der Waals surface area (Å²) in [7, 11) is 0. The Balaban J connectivity index is 1.58. The van der Waals surface area contributed by atoms with Crippen molar-refractivity contribution < 1.29 is 4.79 Å². The lowest BCUT2D eigenvalue weighted by molar-refractivity contribution is -0.120. The van der Waals surface area contributed by atoms with E-state index in [4.69, 9.17) is 0 Å². The minimum absolute atomic E-state index is 0.0476. The molecule has 5 nitrogen and oxygen atoms in total. The van der Waals surface area contributed by atoms with Crippen LogP contribution in [0.5, 0.6) is 0 Å². The smallest absolute Gasteiger partial charge is 0.227 e. The Kier molecular flexibility index (Phi) is 5.33. The van der Waals surface area contributed by atoms with Crippen molar-refractivity contribution in [2.75, 3.05) is 23.3 Å². The molecule has 3 rings (SSSR count). The first-order valence-corrected chi connectivity index (χ1v) is 9.23. The Morgan fingerprint density at radius 1 is 1.12 bits per heavy atom. The lowest BCUT2D eigenvalue weighted by Crippen LogP contribution is -2.39. The zero-order valence-corrected chi connectivity index (χ0v) is 16.1. The number of carbonyl (C=O) groups is 1. The molecular formula is C18H21IN4O. The molecule has 1 aromatic heterocycles. The summed E-state index contributed by atoms with van der Waals surface area (Å²) < 4.78 is 1.16. The molecule has 1 aliphatic rings. The van der Waals surface area contributed by atoms with E-state index in [1.54, 1.807) is 0 Å². The van der Waals surface area contributed by atoms with Gasteiger partial charge in [-0.2, -0.15) is 0 Å². The van der Waals surface area contributed by atoms with Gasteiger partial charge >= 0.3 is 0 Å². The van der Waals surface area contributed by atoms with Crippen LogP contribution in [-0.2, 0) is 4.79 Å². The molecule has 1 aromatic carbocycles. The second-order valence-electron chi connectivity index (χ2n) is 6.21. The van der Waals surface area contributed by atoms with E-state index >= 15 is 0 Å². The maximum absolute atomic E-state index is 12.4. The standard InChI is InChI=1S/C18H21IN4O/c1-12-11-13(2)21-18(20-12)23-9-7-14(8-10-23)17(24)22-16-5-3-15(19)4-6-16/h3-6,11,14H,7-10H2,1-2H3,(H,22,24). The van der Waals surface area contributed by atoms with Crippen LogP contribution in [0.4, 0.5) is 11.6 Å². The molecule has 1 N–H and O–H groups in total. The van der Waals surface area contributed by atoms with E-state index in [2.05, 4.69) is 42.8 Å². The van der Waals surface area contributed by atoms with Gasteiger partial charge in [0.1, 0.15) is 0 Å². The van der Waals surface area contributed by atoms with Gasteiger partial charge in [0.25, 0.3) is 0 Å². The summed E-state index contributed by atoms with van der Waals surface area (Å²) in [6.07, 6.45) is 1.65. The highest BCUT2D eigenvalue weighted by Gasteiger charge is 2.26. The first-order chi connectivity index (χ1) is 11.5. The van der Waals surface area contributed by atoms with E-state index in [-0.39, 0.29) is 11.8 Å². The molecule has 1 saturated heterocycles. The van der Waals surface area contributed by atoms with Crippen LogP contribution in [0.3, 0.4) is 0 Å². The van der Waals surface area contributed by atoms with E-state index < -0.39 is 0 Å². The highest BCUT2D eigenvalue weighted by Crippen LogP contribution is 2.23. The Labute approximate surface area is 156 Å². The van der Waals surface area contributed by atoms with Crippen molar-refractivity contribution in [1.29, 1.82) is 0 Å². The number of piperidine rings is 1. The van der Waals surface area contributed by atoms with E-state index in [9.17, 15) is 4.79 Å². The van der Waals surface area contributed by atoms with Crippen molar-refractivity contribution >= 4 is 40.1 Å². The van der Waals surface area contributed by atoms with Gasteiger partial charge < -0.3 is 10.2 Å². The largest absolute Gasteiger partial charge is 0.341 e. The number of nitrogens with one attached hydrogen (secondary N) is 1. The van der Waals surface area contributed by atoms with Gasteiger partial charge in [-0.05, 0) is 79.6 Å². The molecule has 1 aliphatic heterocycles. The zero-order chi connectivity index (χ0) is 17.1. The van der Waals surface area contributed by atoms with Crippen molar-refractivity contribution in [3.8, 4) is 0 Å². The fourth-order valence-electron chi connectivity index (χ4n) is 2.97. The first kappa shape index (κ1) is 17.1. The number of hydrogen-bond donors (Lipinski definition) is 1. The van der Waals surface area contributed by atoms with E-state index in [1.807, 2.05) is 44.2 Å². The number of anilines is 2. The molecule has 2 aromatic rings.